The third-order valence-electron chi connectivity index (χ3n) is 6.03. The number of hydrogen-bond acceptors (Lipinski definition) is 10. The highest BCUT2D eigenvalue weighted by molar-refractivity contribution is 8.45. The first-order valence-electron chi connectivity index (χ1n) is 14.4. The smallest absolute Gasteiger partial charge is 0.335 e. The van der Waals surface area contributed by atoms with Gasteiger partial charge in [0.2, 0.25) is 0 Å². The van der Waals surface area contributed by atoms with Crippen LogP contribution < -0.4 is 4.74 Å². The summed E-state index contributed by atoms with van der Waals surface area (Å²) in [6.45, 7) is 5.22. The van der Waals surface area contributed by atoms with Crippen molar-refractivity contribution in [2.45, 2.75) is 78.1 Å². The number of aromatic carboxylic acids is 1. The Balaban J connectivity index is 1.45. The van der Waals surface area contributed by atoms with Gasteiger partial charge in [0.15, 0.2) is 0 Å². The minimum atomic E-state index is -0.912. The Morgan fingerprint density at radius 2 is 1.15 bits per heavy atom. The number of ether oxygens (including phenoxy) is 1. The van der Waals surface area contributed by atoms with E-state index in [1.54, 1.807) is 32.7 Å². The van der Waals surface area contributed by atoms with Crippen LogP contribution in [0.25, 0.3) is 0 Å². The van der Waals surface area contributed by atoms with Gasteiger partial charge in [0.1, 0.15) is 5.75 Å². The van der Waals surface area contributed by atoms with E-state index in [1.807, 2.05) is 70.6 Å². The Morgan fingerprint density at radius 3 is 1.61 bits per heavy atom. The number of carbonyl (C=O) groups is 1. The standard InChI is InChI=1S/C30H42O3S8/c1-4-6-8-11-19-36-27-28(37-20-12-9-7-5-2)41-30(40-27)29-38-25(34-3)26(39-29)35-21-13-10-18-33-23-16-14-22(15-17-23)24(31)32/h14-17H,4-13,18-21H2,1-3H3,(H,31,32). The zero-order valence-corrected chi connectivity index (χ0v) is 30.8. The van der Waals surface area contributed by atoms with Gasteiger partial charge in [0.05, 0.1) is 37.6 Å². The molecule has 0 saturated heterocycles. The number of carboxylic acids is 1. The lowest BCUT2D eigenvalue weighted by molar-refractivity contribution is 0.0697. The third-order valence-corrected chi connectivity index (χ3v) is 17.7. The van der Waals surface area contributed by atoms with E-state index in [0.29, 0.717) is 6.61 Å². The van der Waals surface area contributed by atoms with E-state index in [1.165, 1.54) is 79.8 Å². The Morgan fingerprint density at radius 1 is 0.683 bits per heavy atom. The maximum Gasteiger partial charge on any atom is 0.335 e. The summed E-state index contributed by atoms with van der Waals surface area (Å²) >= 11 is 16.0. The topological polar surface area (TPSA) is 46.5 Å². The van der Waals surface area contributed by atoms with Crippen molar-refractivity contribution in [2.75, 3.05) is 30.1 Å². The van der Waals surface area contributed by atoms with Crippen LogP contribution in [0.2, 0.25) is 0 Å². The molecular weight excluding hydrogens is 665 g/mol. The predicted octanol–water partition coefficient (Wildman–Crippen LogP) is 12.6. The van der Waals surface area contributed by atoms with Gasteiger partial charge in [-0.05, 0) is 73.5 Å². The highest BCUT2D eigenvalue weighted by Gasteiger charge is 2.30. The zero-order chi connectivity index (χ0) is 29.3. The Bertz CT molecular complexity index is 1020. The average Bonchev–Trinajstić information content (AvgIpc) is 3.58. The lowest BCUT2D eigenvalue weighted by atomic mass is 10.2. The third kappa shape index (κ3) is 13.2. The van der Waals surface area contributed by atoms with Crippen LogP contribution in [0, 0.1) is 0 Å². The van der Waals surface area contributed by atoms with Gasteiger partial charge in [-0.2, -0.15) is 0 Å². The van der Waals surface area contributed by atoms with Gasteiger partial charge >= 0.3 is 5.97 Å². The minimum absolute atomic E-state index is 0.285. The minimum Gasteiger partial charge on any atom is -0.494 e. The normalized spacial score (nSPS) is 15.5. The van der Waals surface area contributed by atoms with Crippen molar-refractivity contribution in [1.29, 1.82) is 0 Å². The molecule has 0 bridgehead atoms. The average molecular weight is 707 g/mol. The van der Waals surface area contributed by atoms with Crippen LogP contribution in [0.5, 0.6) is 5.75 Å². The summed E-state index contributed by atoms with van der Waals surface area (Å²) in [4.78, 5) is 11.0. The molecule has 1 aromatic carbocycles. The molecule has 2 aliphatic rings. The molecule has 1 N–H and O–H groups in total. The predicted molar refractivity (Wildman–Crippen MR) is 199 cm³/mol. The van der Waals surface area contributed by atoms with Crippen molar-refractivity contribution in [1.82, 2.24) is 0 Å². The summed E-state index contributed by atoms with van der Waals surface area (Å²) in [6.07, 6.45) is 14.9. The number of thioether (sulfide) groups is 8. The Kier molecular flexibility index (Phi) is 18.7. The summed E-state index contributed by atoms with van der Waals surface area (Å²) in [5.41, 5.74) is 0.285. The molecule has 2 aliphatic heterocycles. The first kappa shape index (κ1) is 36.0. The van der Waals surface area contributed by atoms with E-state index < -0.39 is 5.97 Å². The van der Waals surface area contributed by atoms with Crippen LogP contribution in [-0.2, 0) is 0 Å². The van der Waals surface area contributed by atoms with Crippen LogP contribution in [-0.4, -0.2) is 41.2 Å². The number of rotatable bonds is 21. The molecule has 11 heteroatoms. The van der Waals surface area contributed by atoms with E-state index >= 15 is 0 Å². The first-order valence-corrected chi connectivity index (χ1v) is 21.8. The molecule has 0 unspecified atom stereocenters. The maximum absolute atomic E-state index is 11.0. The van der Waals surface area contributed by atoms with Gasteiger partial charge < -0.3 is 9.84 Å². The molecular formula is C30H42O3S8. The van der Waals surface area contributed by atoms with Gasteiger partial charge in [-0.25, -0.2) is 4.79 Å². The molecule has 1 aromatic rings. The molecule has 0 saturated carbocycles. The molecule has 0 amide bonds. The molecule has 41 heavy (non-hydrogen) atoms. The number of unbranched alkanes of at least 4 members (excludes halogenated alkanes) is 7. The first-order chi connectivity index (χ1) is 20.0. The van der Waals surface area contributed by atoms with Crippen LogP contribution >= 0.6 is 94.1 Å². The Labute approximate surface area is 281 Å². The van der Waals surface area contributed by atoms with Gasteiger partial charge in [-0.1, -0.05) is 99.4 Å². The van der Waals surface area contributed by atoms with Crippen LogP contribution in [0.1, 0.15) is 88.4 Å². The molecule has 228 valence electrons. The Hall–Kier alpha value is 0.510. The number of benzene rings is 1. The summed E-state index contributed by atoms with van der Waals surface area (Å²) in [7, 11) is 0. The van der Waals surface area contributed by atoms with Gasteiger partial charge in [0.25, 0.3) is 0 Å². The highest BCUT2D eigenvalue weighted by Crippen LogP contribution is 2.66. The van der Waals surface area contributed by atoms with Crippen molar-refractivity contribution >= 4 is 100 Å². The van der Waals surface area contributed by atoms with Crippen LogP contribution in [0.3, 0.4) is 0 Å². The van der Waals surface area contributed by atoms with E-state index in [9.17, 15) is 4.79 Å². The highest BCUT2D eigenvalue weighted by atomic mass is 32.3. The van der Waals surface area contributed by atoms with Gasteiger partial charge in [-0.3, -0.25) is 0 Å². The fourth-order valence-electron chi connectivity index (χ4n) is 3.74. The van der Waals surface area contributed by atoms with Gasteiger partial charge in [0, 0.05) is 0 Å². The molecule has 3 rings (SSSR count). The monoisotopic (exact) mass is 706 g/mol. The van der Waals surface area contributed by atoms with E-state index in [4.69, 9.17) is 9.84 Å². The summed E-state index contributed by atoms with van der Waals surface area (Å²) in [5, 5.41) is 9.03. The second-order valence-electron chi connectivity index (χ2n) is 9.39. The van der Waals surface area contributed by atoms with E-state index in [-0.39, 0.29) is 5.56 Å². The zero-order valence-electron chi connectivity index (χ0n) is 24.2. The largest absolute Gasteiger partial charge is 0.494 e. The van der Waals surface area contributed by atoms with E-state index in [0.717, 1.165) is 24.3 Å². The fourth-order valence-corrected chi connectivity index (χ4v) is 15.5. The lowest BCUT2D eigenvalue weighted by Crippen LogP contribution is -1.99. The molecule has 2 heterocycles. The molecule has 0 aromatic heterocycles. The second kappa shape index (κ2) is 21.3. The van der Waals surface area contributed by atoms with E-state index in [2.05, 4.69) is 43.6 Å². The molecule has 0 atom stereocenters. The molecule has 0 radical (unpaired) electrons. The quantitative estimate of drug-likeness (QED) is 0.124. The SMILES string of the molecule is CCCCCCSC1=C(SCCCCCC)SC(=C2SC(SC)=C(SCCCCOc3ccc(C(=O)O)cc3)S2)S1. The second-order valence-corrected chi connectivity index (χ2v) is 19.2. The number of carboxylic acid groups (broad SMARTS) is 1. The van der Waals surface area contributed by atoms with Crippen molar-refractivity contribution < 1.29 is 14.6 Å². The maximum atomic E-state index is 11.0. The van der Waals surface area contributed by atoms with Crippen molar-refractivity contribution in [2.24, 2.45) is 0 Å². The van der Waals surface area contributed by atoms with Crippen LogP contribution in [0.4, 0.5) is 0 Å². The number of hydrogen-bond donors (Lipinski definition) is 1. The van der Waals surface area contributed by atoms with Crippen molar-refractivity contribution in [3.8, 4) is 5.75 Å². The molecule has 0 aliphatic carbocycles. The summed E-state index contributed by atoms with van der Waals surface area (Å²) < 4.78 is 14.7. The summed E-state index contributed by atoms with van der Waals surface area (Å²) in [6, 6.07) is 6.64. The van der Waals surface area contributed by atoms with Crippen molar-refractivity contribution in [3.63, 3.8) is 0 Å². The lowest BCUT2D eigenvalue weighted by Gasteiger charge is -2.07. The molecule has 0 fully saturated rings. The van der Waals surface area contributed by atoms with Crippen molar-refractivity contribution in [3.05, 3.63) is 55.3 Å². The van der Waals surface area contributed by atoms with Gasteiger partial charge in [-0.15, -0.1) is 47.0 Å². The fraction of sp³-hybridized carbons (Fsp3) is 0.567. The summed E-state index contributed by atoms with van der Waals surface area (Å²) in [5.74, 6) is 3.36. The molecule has 0 spiro atoms. The molecule has 3 nitrogen and oxygen atoms in total. The van der Waals surface area contributed by atoms with Crippen LogP contribution in [0.15, 0.2) is 49.7 Å².